The van der Waals surface area contributed by atoms with Gasteiger partial charge in [-0.3, -0.25) is 13.8 Å². The van der Waals surface area contributed by atoms with E-state index < -0.39 is 43.7 Å². The van der Waals surface area contributed by atoms with Crippen molar-refractivity contribution < 1.29 is 56.2 Å². The molecule has 0 saturated carbocycles. The van der Waals surface area contributed by atoms with Crippen LogP contribution in [0.2, 0.25) is 0 Å². The minimum Gasteiger partial charge on any atom is -0.485 e. The zero-order valence-corrected chi connectivity index (χ0v) is 40.7. The van der Waals surface area contributed by atoms with Gasteiger partial charge in [-0.1, -0.05) is 164 Å². The van der Waals surface area contributed by atoms with E-state index in [4.69, 9.17) is 37.3 Å². The topological polar surface area (TPSA) is 166 Å². The van der Waals surface area contributed by atoms with Crippen LogP contribution >= 0.6 is 7.82 Å². The van der Waals surface area contributed by atoms with Crippen LogP contribution in [0.15, 0.2) is 188 Å². The molecule has 7 aromatic rings. The predicted octanol–water partition coefficient (Wildman–Crippen LogP) is 11.0. The van der Waals surface area contributed by atoms with Gasteiger partial charge in [0.05, 0.1) is 13.2 Å². The summed E-state index contributed by atoms with van der Waals surface area (Å²) < 4.78 is 62.3. The number of esters is 1. The summed E-state index contributed by atoms with van der Waals surface area (Å²) in [6, 6.07) is 53.6. The van der Waals surface area contributed by atoms with Gasteiger partial charge in [0.15, 0.2) is 23.0 Å². The Kier molecular flexibility index (Phi) is 17.0. The molecule has 0 aromatic heterocycles. The Morgan fingerprint density at radius 2 is 0.944 bits per heavy atom. The van der Waals surface area contributed by atoms with Gasteiger partial charge < -0.3 is 38.8 Å². The quantitative estimate of drug-likeness (QED) is 0.0461. The second-order valence-corrected chi connectivity index (χ2v) is 18.9. The monoisotopic (exact) mass is 990 g/mol. The van der Waals surface area contributed by atoms with E-state index in [2.05, 4.69) is 10.6 Å². The Labute approximate surface area is 418 Å². The van der Waals surface area contributed by atoms with E-state index in [9.17, 15) is 18.9 Å². The first-order valence-electron chi connectivity index (χ1n) is 23.4. The van der Waals surface area contributed by atoms with Crippen molar-refractivity contribution in [1.29, 1.82) is 0 Å². The highest BCUT2D eigenvalue weighted by Gasteiger charge is 2.34. The molecule has 0 bridgehead atoms. The highest BCUT2D eigenvalue weighted by molar-refractivity contribution is 7.48. The molecule has 72 heavy (non-hydrogen) atoms. The lowest BCUT2D eigenvalue weighted by Crippen LogP contribution is -2.53. The van der Waals surface area contributed by atoms with E-state index in [0.717, 1.165) is 27.8 Å². The number of benzene rings is 7. The second-order valence-electron chi connectivity index (χ2n) is 17.3. The molecule has 2 atom stereocenters. The summed E-state index contributed by atoms with van der Waals surface area (Å²) in [7, 11) is -4.37. The van der Waals surface area contributed by atoms with Crippen molar-refractivity contribution in [2.45, 2.75) is 77.6 Å². The number of hydrogen-bond donors (Lipinski definition) is 2. The molecule has 0 spiro atoms. The molecule has 7 aromatic carbocycles. The molecule has 14 nitrogen and oxygen atoms in total. The van der Waals surface area contributed by atoms with E-state index in [1.807, 2.05) is 152 Å². The molecule has 0 aliphatic carbocycles. The molecule has 0 saturated heterocycles. The molecule has 8 rings (SSSR count). The van der Waals surface area contributed by atoms with Gasteiger partial charge in [-0.25, -0.2) is 14.2 Å². The second kappa shape index (κ2) is 24.3. The molecule has 0 fully saturated rings. The van der Waals surface area contributed by atoms with Crippen molar-refractivity contribution in [1.82, 2.24) is 10.6 Å². The average Bonchev–Trinajstić information content (AvgIpc) is 3.72. The minimum absolute atomic E-state index is 0.0165. The largest absolute Gasteiger partial charge is 0.530 e. The van der Waals surface area contributed by atoms with Gasteiger partial charge in [-0.2, -0.15) is 0 Å². The van der Waals surface area contributed by atoms with Crippen LogP contribution in [0.3, 0.4) is 0 Å². The number of carbonyl (C=O) groups excluding carboxylic acids is 3. The molecule has 15 heteroatoms. The van der Waals surface area contributed by atoms with E-state index >= 15 is 0 Å². The molecule has 0 radical (unpaired) electrons. The van der Waals surface area contributed by atoms with E-state index in [1.54, 1.807) is 50.2 Å². The van der Waals surface area contributed by atoms with Crippen LogP contribution in [-0.4, -0.2) is 35.8 Å². The highest BCUT2D eigenvalue weighted by atomic mass is 31.2. The molecule has 2 amide bonds. The van der Waals surface area contributed by atoms with Crippen molar-refractivity contribution >= 4 is 25.8 Å². The number of rotatable bonds is 23. The summed E-state index contributed by atoms with van der Waals surface area (Å²) in [6.07, 6.45) is -0.979. The van der Waals surface area contributed by atoms with E-state index in [0.29, 0.717) is 22.6 Å². The summed E-state index contributed by atoms with van der Waals surface area (Å²) in [5.74, 6) is -1.14. The molecule has 1 aliphatic rings. The molecule has 1 aliphatic heterocycles. The van der Waals surface area contributed by atoms with E-state index in [-0.39, 0.29) is 57.4 Å². The number of phosphoric ester groups is 1. The Morgan fingerprint density at radius 3 is 1.50 bits per heavy atom. The number of hydrogen-bond acceptors (Lipinski definition) is 12. The maximum Gasteiger partial charge on any atom is 0.530 e. The van der Waals surface area contributed by atoms with Gasteiger partial charge >= 0.3 is 19.9 Å². The summed E-state index contributed by atoms with van der Waals surface area (Å²) in [5.41, 5.74) is 4.94. The van der Waals surface area contributed by atoms with Crippen LogP contribution in [0.5, 0.6) is 23.0 Å². The molecule has 370 valence electrons. The first-order chi connectivity index (χ1) is 34.9. The van der Waals surface area contributed by atoms with Crippen molar-refractivity contribution in [2.24, 2.45) is 0 Å². The van der Waals surface area contributed by atoms with Gasteiger partial charge in [0.25, 0.3) is 0 Å². The van der Waals surface area contributed by atoms with Crippen LogP contribution in [0, 0.1) is 0 Å². The number of amides is 2. The number of carbonyl (C=O) groups is 3. The fourth-order valence-electron chi connectivity index (χ4n) is 7.55. The van der Waals surface area contributed by atoms with Crippen LogP contribution < -0.4 is 29.4 Å². The third kappa shape index (κ3) is 15.1. The number of nitrogens with one attached hydrogen (secondary N) is 2. The number of phosphoric acid groups is 1. The summed E-state index contributed by atoms with van der Waals surface area (Å²) in [6.45, 7) is 3.38. The van der Waals surface area contributed by atoms with Crippen LogP contribution in [0.25, 0.3) is 0 Å². The predicted molar refractivity (Wildman–Crippen MR) is 269 cm³/mol. The first-order valence-corrected chi connectivity index (χ1v) is 24.9. The standard InChI is InChI=1S/C57H55N2O12P/c1-57(2)69-50-30-28-46(35-53(50)70-57)32-48(59-56(62)66-38-43-22-12-5-13-23-43)54(60)58-49(55(61)65-37-42-20-10-4-11-21-42)33-47-29-31-51(52(34-47)64-36-41-18-8-3-9-19-41)71-72(63,67-39-44-24-14-6-15-25-44)68-40-45-26-16-7-17-27-45/h3-31,34-35,48-49H,32-33,36-40H2,1-2H3,(H,58,60)(H,59,62)/t48-,49-/m0/s1. The number of fused-ring (bicyclic) bond motifs is 1. The normalized spacial score (nSPS) is 13.2. The van der Waals surface area contributed by atoms with Crippen LogP contribution in [0.1, 0.15) is 52.8 Å². The molecular formula is C57H55N2O12P. The third-order valence-electron chi connectivity index (χ3n) is 11.2. The Bertz CT molecular complexity index is 2880. The Balaban J connectivity index is 1.08. The summed E-state index contributed by atoms with van der Waals surface area (Å²) >= 11 is 0. The molecule has 0 unspecified atom stereocenters. The van der Waals surface area contributed by atoms with Gasteiger partial charge in [-0.05, 0) is 63.2 Å². The number of ether oxygens (including phenoxy) is 5. The fourth-order valence-corrected chi connectivity index (χ4v) is 8.73. The van der Waals surface area contributed by atoms with Crippen molar-refractivity contribution in [3.8, 4) is 23.0 Å². The average molecular weight is 991 g/mol. The van der Waals surface area contributed by atoms with Crippen molar-refractivity contribution in [3.05, 3.63) is 227 Å². The summed E-state index contributed by atoms with van der Waals surface area (Å²) in [4.78, 5) is 42.2. The van der Waals surface area contributed by atoms with Crippen molar-refractivity contribution in [3.63, 3.8) is 0 Å². The lowest BCUT2D eigenvalue weighted by Gasteiger charge is -2.24. The first kappa shape index (κ1) is 50.5. The maximum atomic E-state index is 14.6. The SMILES string of the molecule is CC1(C)Oc2ccc(C[C@H](NC(=O)OCc3ccccc3)C(=O)N[C@@H](Cc3ccc(OP(=O)(OCc4ccccc4)OCc4ccccc4)c(OCc4ccccc4)c3)C(=O)OCc3ccccc3)cc2O1. The van der Waals surface area contributed by atoms with Gasteiger partial charge in [0.1, 0.15) is 31.9 Å². The minimum atomic E-state index is -4.37. The smallest absolute Gasteiger partial charge is 0.485 e. The Morgan fingerprint density at radius 1 is 0.486 bits per heavy atom. The third-order valence-corrected chi connectivity index (χ3v) is 12.5. The summed E-state index contributed by atoms with van der Waals surface area (Å²) in [5, 5.41) is 5.58. The molecular weight excluding hydrogens is 936 g/mol. The van der Waals surface area contributed by atoms with Gasteiger partial charge in [0, 0.05) is 26.7 Å². The van der Waals surface area contributed by atoms with Crippen LogP contribution in [-0.2, 0) is 78.6 Å². The molecule has 2 N–H and O–H groups in total. The molecule has 1 heterocycles. The number of alkyl carbamates (subject to hydrolysis) is 1. The van der Waals surface area contributed by atoms with Crippen molar-refractivity contribution in [2.75, 3.05) is 0 Å². The Hall–Kier alpha value is -7.90. The lowest BCUT2D eigenvalue weighted by atomic mass is 10.0. The zero-order chi connectivity index (χ0) is 50.2. The van der Waals surface area contributed by atoms with Gasteiger partial charge in [-0.15, -0.1) is 0 Å². The zero-order valence-electron chi connectivity index (χ0n) is 39.8. The fraction of sp³-hybridized carbons (Fsp3) is 0.211. The van der Waals surface area contributed by atoms with Gasteiger partial charge in [0.2, 0.25) is 11.7 Å². The highest BCUT2D eigenvalue weighted by Crippen LogP contribution is 2.53. The van der Waals surface area contributed by atoms with E-state index in [1.165, 1.54) is 0 Å². The van der Waals surface area contributed by atoms with Crippen LogP contribution in [0.4, 0.5) is 4.79 Å². The lowest BCUT2D eigenvalue weighted by molar-refractivity contribution is -0.149. The maximum absolute atomic E-state index is 14.6.